The van der Waals surface area contributed by atoms with Gasteiger partial charge in [0.1, 0.15) is 0 Å². The number of nitrogens with zero attached hydrogens (tertiary/aromatic N) is 2. The van der Waals surface area contributed by atoms with Crippen LogP contribution >= 0.6 is 24.0 Å². The average Bonchev–Trinajstić information content (AvgIpc) is 3.30. The second-order valence-corrected chi connectivity index (χ2v) is 6.14. The fourth-order valence-corrected chi connectivity index (χ4v) is 2.72. The molecule has 0 bridgehead atoms. The molecule has 2 aliphatic rings. The number of carbonyl (C=O) groups excluding carboxylic acids is 1. The third-order valence-corrected chi connectivity index (χ3v) is 4.33. The summed E-state index contributed by atoms with van der Waals surface area (Å²) in [7, 11) is 1.82. The zero-order valence-electron chi connectivity index (χ0n) is 13.5. The molecule has 2 rings (SSSR count). The monoisotopic (exact) mass is 423 g/mol. The Balaban J connectivity index is 0.00000242. The Hall–Kier alpha value is -0.570. The highest BCUT2D eigenvalue weighted by molar-refractivity contribution is 14.0. The summed E-state index contributed by atoms with van der Waals surface area (Å²) in [5.41, 5.74) is 5.35. The standard InChI is InChI=1S/C15H29N5O.HI/c1-17-15(19-13-4-5-13)18-8-2-3-9-20-10-6-12(7-11-20)14(16)21;/h12-13H,2-11H2,1H3,(H2,16,21)(H2,17,18,19);1H. The first-order valence-corrected chi connectivity index (χ1v) is 8.18. The number of piperidine rings is 1. The van der Waals surface area contributed by atoms with E-state index in [1.165, 1.54) is 19.3 Å². The van der Waals surface area contributed by atoms with Crippen LogP contribution in [0.5, 0.6) is 0 Å². The van der Waals surface area contributed by atoms with Gasteiger partial charge in [-0.25, -0.2) is 0 Å². The minimum Gasteiger partial charge on any atom is -0.369 e. The van der Waals surface area contributed by atoms with E-state index < -0.39 is 0 Å². The molecule has 1 aliphatic heterocycles. The molecule has 0 unspecified atom stereocenters. The van der Waals surface area contributed by atoms with Gasteiger partial charge in [0.15, 0.2) is 5.96 Å². The lowest BCUT2D eigenvalue weighted by atomic mass is 9.96. The summed E-state index contributed by atoms with van der Waals surface area (Å²) in [6, 6.07) is 0.641. The van der Waals surface area contributed by atoms with Crippen molar-refractivity contribution in [2.24, 2.45) is 16.6 Å². The molecule has 0 radical (unpaired) electrons. The van der Waals surface area contributed by atoms with Crippen molar-refractivity contribution in [1.29, 1.82) is 0 Å². The lowest BCUT2D eigenvalue weighted by molar-refractivity contribution is -0.123. The highest BCUT2D eigenvalue weighted by atomic mass is 127. The SMILES string of the molecule is CN=C(NCCCCN1CCC(C(N)=O)CC1)NC1CC1.I. The Labute approximate surface area is 150 Å². The molecule has 0 aromatic heterocycles. The highest BCUT2D eigenvalue weighted by Gasteiger charge is 2.23. The number of likely N-dealkylation sites (tertiary alicyclic amines) is 1. The van der Waals surface area contributed by atoms with Crippen LogP contribution < -0.4 is 16.4 Å². The summed E-state index contributed by atoms with van der Waals surface area (Å²) in [6.07, 6.45) is 6.69. The molecule has 0 spiro atoms. The van der Waals surface area contributed by atoms with Crippen LogP contribution in [0.2, 0.25) is 0 Å². The number of unbranched alkanes of at least 4 members (excludes halogenated alkanes) is 1. The van der Waals surface area contributed by atoms with Crippen molar-refractivity contribution in [2.75, 3.05) is 33.2 Å². The predicted octanol–water partition coefficient (Wildman–Crippen LogP) is 0.909. The van der Waals surface area contributed by atoms with E-state index in [4.69, 9.17) is 5.73 Å². The summed E-state index contributed by atoms with van der Waals surface area (Å²) >= 11 is 0. The maximum atomic E-state index is 11.1. The molecule has 1 amide bonds. The minimum absolute atomic E-state index is 0. The molecule has 2 fully saturated rings. The molecule has 4 N–H and O–H groups in total. The maximum Gasteiger partial charge on any atom is 0.220 e. The van der Waals surface area contributed by atoms with Gasteiger partial charge in [0.2, 0.25) is 5.91 Å². The first-order chi connectivity index (χ1) is 10.2. The van der Waals surface area contributed by atoms with E-state index in [0.717, 1.165) is 51.4 Å². The van der Waals surface area contributed by atoms with Crippen molar-refractivity contribution < 1.29 is 4.79 Å². The van der Waals surface area contributed by atoms with E-state index in [9.17, 15) is 4.79 Å². The van der Waals surface area contributed by atoms with Crippen molar-refractivity contribution in [3.63, 3.8) is 0 Å². The number of hydrogen-bond donors (Lipinski definition) is 3. The van der Waals surface area contributed by atoms with Crippen LogP contribution in [0.1, 0.15) is 38.5 Å². The van der Waals surface area contributed by atoms with Crippen LogP contribution in [-0.2, 0) is 4.79 Å². The summed E-state index contributed by atoms with van der Waals surface area (Å²) in [5.74, 6) is 0.896. The van der Waals surface area contributed by atoms with Crippen LogP contribution in [0.3, 0.4) is 0 Å². The molecule has 1 saturated heterocycles. The molecule has 6 nitrogen and oxygen atoms in total. The van der Waals surface area contributed by atoms with E-state index in [1.54, 1.807) is 0 Å². The zero-order valence-corrected chi connectivity index (χ0v) is 15.8. The first kappa shape index (κ1) is 19.5. The Morgan fingerprint density at radius 1 is 1.23 bits per heavy atom. The van der Waals surface area contributed by atoms with Gasteiger partial charge in [0.25, 0.3) is 0 Å². The number of hydrogen-bond acceptors (Lipinski definition) is 3. The van der Waals surface area contributed by atoms with Gasteiger partial charge in [-0.2, -0.15) is 0 Å². The Morgan fingerprint density at radius 2 is 1.91 bits per heavy atom. The van der Waals surface area contributed by atoms with Crippen molar-refractivity contribution in [1.82, 2.24) is 15.5 Å². The normalized spacial score (nSPS) is 20.3. The number of primary amides is 1. The second-order valence-electron chi connectivity index (χ2n) is 6.14. The maximum absolute atomic E-state index is 11.1. The number of nitrogens with two attached hydrogens (primary N) is 1. The number of aliphatic imine (C=N–C) groups is 1. The molecular weight excluding hydrogens is 393 g/mol. The van der Waals surface area contributed by atoms with Crippen LogP contribution in [0.25, 0.3) is 0 Å². The van der Waals surface area contributed by atoms with Gasteiger partial charge in [-0.15, -0.1) is 24.0 Å². The number of nitrogens with one attached hydrogen (secondary N) is 2. The van der Waals surface area contributed by atoms with Crippen LogP contribution in [0, 0.1) is 5.92 Å². The van der Waals surface area contributed by atoms with Crippen molar-refractivity contribution in [3.8, 4) is 0 Å². The largest absolute Gasteiger partial charge is 0.369 e. The number of carbonyl (C=O) groups is 1. The molecule has 0 aromatic rings. The number of amides is 1. The molecule has 1 heterocycles. The molecule has 22 heavy (non-hydrogen) atoms. The third kappa shape index (κ3) is 7.13. The van der Waals surface area contributed by atoms with Gasteiger partial charge in [-0.1, -0.05) is 0 Å². The van der Waals surface area contributed by atoms with Gasteiger partial charge >= 0.3 is 0 Å². The van der Waals surface area contributed by atoms with Crippen LogP contribution in [-0.4, -0.2) is 56.0 Å². The van der Waals surface area contributed by atoms with Crippen LogP contribution in [0.4, 0.5) is 0 Å². The van der Waals surface area contributed by atoms with Crippen molar-refractivity contribution >= 4 is 35.8 Å². The lowest BCUT2D eigenvalue weighted by Gasteiger charge is -2.30. The first-order valence-electron chi connectivity index (χ1n) is 8.18. The van der Waals surface area contributed by atoms with E-state index in [2.05, 4.69) is 20.5 Å². The Bertz CT molecular complexity index is 365. The molecule has 0 aromatic carbocycles. The molecule has 1 aliphatic carbocycles. The minimum atomic E-state index is -0.131. The van der Waals surface area contributed by atoms with E-state index in [1.807, 2.05) is 7.05 Å². The number of rotatable bonds is 7. The topological polar surface area (TPSA) is 82.8 Å². The average molecular weight is 423 g/mol. The van der Waals surface area contributed by atoms with Gasteiger partial charge in [-0.05, 0) is 58.2 Å². The summed E-state index contributed by atoms with van der Waals surface area (Å²) < 4.78 is 0. The lowest BCUT2D eigenvalue weighted by Crippen LogP contribution is -2.40. The molecule has 0 atom stereocenters. The fourth-order valence-electron chi connectivity index (χ4n) is 2.72. The van der Waals surface area contributed by atoms with Gasteiger partial charge in [-0.3, -0.25) is 9.79 Å². The van der Waals surface area contributed by atoms with Gasteiger partial charge < -0.3 is 21.3 Å². The van der Waals surface area contributed by atoms with E-state index >= 15 is 0 Å². The smallest absolute Gasteiger partial charge is 0.220 e. The number of guanidine groups is 1. The molecule has 128 valence electrons. The predicted molar refractivity (Wildman–Crippen MR) is 101 cm³/mol. The third-order valence-electron chi connectivity index (χ3n) is 4.33. The highest BCUT2D eigenvalue weighted by Crippen LogP contribution is 2.18. The van der Waals surface area contributed by atoms with E-state index in [0.29, 0.717) is 6.04 Å². The molecular formula is C15H30IN5O. The van der Waals surface area contributed by atoms with Gasteiger partial charge in [0, 0.05) is 25.6 Å². The summed E-state index contributed by atoms with van der Waals surface area (Å²) in [5, 5.41) is 6.74. The Kier molecular flexibility index (Phi) is 9.08. The van der Waals surface area contributed by atoms with Gasteiger partial charge in [0.05, 0.1) is 0 Å². The second kappa shape index (κ2) is 10.3. The Morgan fingerprint density at radius 3 is 2.45 bits per heavy atom. The molecule has 1 saturated carbocycles. The van der Waals surface area contributed by atoms with Crippen LogP contribution in [0.15, 0.2) is 4.99 Å². The molecule has 7 heteroatoms. The van der Waals surface area contributed by atoms with Crippen molar-refractivity contribution in [3.05, 3.63) is 0 Å². The van der Waals surface area contributed by atoms with Crippen molar-refractivity contribution in [2.45, 2.75) is 44.6 Å². The fraction of sp³-hybridized carbons (Fsp3) is 0.867. The van der Waals surface area contributed by atoms with E-state index in [-0.39, 0.29) is 35.8 Å². The zero-order chi connectivity index (χ0) is 15.1. The summed E-state index contributed by atoms with van der Waals surface area (Å²) in [6.45, 7) is 4.09. The quantitative estimate of drug-likeness (QED) is 0.246. The number of halogens is 1. The summed E-state index contributed by atoms with van der Waals surface area (Å²) in [4.78, 5) is 17.8.